The molecule has 1 aliphatic carbocycles. The van der Waals surface area contributed by atoms with Gasteiger partial charge in [0.25, 0.3) is 5.56 Å². The molecule has 0 bridgehead atoms. The fourth-order valence-electron chi connectivity index (χ4n) is 3.46. The lowest BCUT2D eigenvalue weighted by Crippen LogP contribution is -2.39. The highest BCUT2D eigenvalue weighted by Gasteiger charge is 2.26. The molecule has 0 spiro atoms. The number of aromatic nitrogens is 2. The van der Waals surface area contributed by atoms with E-state index in [1.54, 1.807) is 24.3 Å². The number of nitrogens with one attached hydrogen (secondary N) is 2. The minimum Gasteiger partial charge on any atom is -0.481 e. The van der Waals surface area contributed by atoms with Gasteiger partial charge in [0, 0.05) is 19.0 Å². The summed E-state index contributed by atoms with van der Waals surface area (Å²) in [5.74, 6) is -1.29. The van der Waals surface area contributed by atoms with Gasteiger partial charge >= 0.3 is 11.7 Å². The van der Waals surface area contributed by atoms with Gasteiger partial charge in [0.05, 0.1) is 16.8 Å². The molecule has 0 atom stereocenters. The van der Waals surface area contributed by atoms with Gasteiger partial charge in [0.2, 0.25) is 5.91 Å². The lowest BCUT2D eigenvalue weighted by Gasteiger charge is -2.26. The van der Waals surface area contributed by atoms with Crippen molar-refractivity contribution in [3.05, 3.63) is 45.1 Å². The van der Waals surface area contributed by atoms with Gasteiger partial charge in [-0.25, -0.2) is 4.79 Å². The first-order chi connectivity index (χ1) is 12.5. The van der Waals surface area contributed by atoms with Gasteiger partial charge in [-0.1, -0.05) is 12.1 Å². The van der Waals surface area contributed by atoms with Crippen molar-refractivity contribution in [2.45, 2.75) is 44.7 Å². The summed E-state index contributed by atoms with van der Waals surface area (Å²) in [6, 6.07) is 6.73. The fourth-order valence-corrected chi connectivity index (χ4v) is 3.46. The zero-order chi connectivity index (χ0) is 18.7. The molecule has 0 aliphatic heterocycles. The average Bonchev–Trinajstić information content (AvgIpc) is 2.62. The number of carbonyl (C=O) groups is 2. The minimum atomic E-state index is -0.779. The molecule has 1 heterocycles. The summed E-state index contributed by atoms with van der Waals surface area (Å²) in [6.45, 7) is 0.159. The normalized spacial score (nSPS) is 20.0. The number of aryl methyl sites for hydroxylation is 1. The van der Waals surface area contributed by atoms with Crippen LogP contribution in [-0.4, -0.2) is 32.6 Å². The second kappa shape index (κ2) is 7.55. The molecule has 1 amide bonds. The number of rotatable bonds is 5. The zero-order valence-electron chi connectivity index (χ0n) is 14.2. The second-order valence-electron chi connectivity index (χ2n) is 6.63. The molecule has 1 aliphatic rings. The largest absolute Gasteiger partial charge is 0.481 e. The number of para-hydroxylation sites is 1. The molecule has 8 nitrogen and oxygen atoms in total. The van der Waals surface area contributed by atoms with E-state index in [9.17, 15) is 19.2 Å². The quantitative estimate of drug-likeness (QED) is 0.730. The van der Waals surface area contributed by atoms with Crippen LogP contribution in [0.25, 0.3) is 10.9 Å². The highest BCUT2D eigenvalue weighted by Crippen LogP contribution is 2.24. The van der Waals surface area contributed by atoms with Crippen molar-refractivity contribution in [1.82, 2.24) is 14.9 Å². The number of nitrogens with zero attached hydrogens (tertiary/aromatic N) is 1. The highest BCUT2D eigenvalue weighted by atomic mass is 16.4. The number of fused-ring (bicyclic) bond motifs is 1. The van der Waals surface area contributed by atoms with Crippen molar-refractivity contribution in [2.24, 2.45) is 5.92 Å². The predicted octanol–water partition coefficient (Wildman–Crippen LogP) is 0.839. The lowest BCUT2D eigenvalue weighted by molar-refractivity contribution is -0.142. The van der Waals surface area contributed by atoms with Gasteiger partial charge < -0.3 is 10.4 Å². The van der Waals surface area contributed by atoms with E-state index in [0.717, 1.165) is 0 Å². The van der Waals surface area contributed by atoms with Gasteiger partial charge in [0.1, 0.15) is 0 Å². The number of carbonyl (C=O) groups excluding carboxylic acids is 1. The fraction of sp³-hybridized carbons (Fsp3) is 0.444. The Kier molecular flexibility index (Phi) is 5.20. The van der Waals surface area contributed by atoms with Crippen LogP contribution in [0.2, 0.25) is 0 Å². The third kappa shape index (κ3) is 3.84. The molecular weight excluding hydrogens is 338 g/mol. The lowest BCUT2D eigenvalue weighted by atomic mass is 9.86. The third-order valence-corrected chi connectivity index (χ3v) is 4.91. The summed E-state index contributed by atoms with van der Waals surface area (Å²) in [7, 11) is 0. The number of carboxylic acids is 1. The minimum absolute atomic E-state index is 0.0258. The second-order valence-corrected chi connectivity index (χ2v) is 6.63. The van der Waals surface area contributed by atoms with Crippen molar-refractivity contribution < 1.29 is 14.7 Å². The van der Waals surface area contributed by atoms with E-state index in [2.05, 4.69) is 10.3 Å². The van der Waals surface area contributed by atoms with E-state index in [1.807, 2.05) is 0 Å². The molecule has 0 saturated heterocycles. The SMILES string of the molecule is O=C(CCn1c(=O)[nH]c(=O)c2ccccc21)NC1CCC(C(=O)O)CC1. The Morgan fingerprint density at radius 1 is 1.15 bits per heavy atom. The predicted molar refractivity (Wildman–Crippen MR) is 95.0 cm³/mol. The van der Waals surface area contributed by atoms with Crippen LogP contribution in [0.15, 0.2) is 33.9 Å². The van der Waals surface area contributed by atoms with E-state index >= 15 is 0 Å². The summed E-state index contributed by atoms with van der Waals surface area (Å²) < 4.78 is 1.39. The number of aliphatic carboxylic acids is 1. The van der Waals surface area contributed by atoms with Crippen LogP contribution in [-0.2, 0) is 16.1 Å². The van der Waals surface area contributed by atoms with Crippen LogP contribution in [0.3, 0.4) is 0 Å². The molecule has 1 saturated carbocycles. The van der Waals surface area contributed by atoms with Crippen LogP contribution in [0, 0.1) is 5.92 Å². The molecule has 26 heavy (non-hydrogen) atoms. The van der Waals surface area contributed by atoms with Crippen LogP contribution in [0.1, 0.15) is 32.1 Å². The molecule has 3 rings (SSSR count). The van der Waals surface area contributed by atoms with E-state index in [-0.39, 0.29) is 30.8 Å². The molecular formula is C18H21N3O5. The van der Waals surface area contributed by atoms with Crippen LogP contribution >= 0.6 is 0 Å². The smallest absolute Gasteiger partial charge is 0.328 e. The number of amides is 1. The van der Waals surface area contributed by atoms with E-state index in [0.29, 0.717) is 36.6 Å². The molecule has 0 radical (unpaired) electrons. The molecule has 1 fully saturated rings. The Hall–Kier alpha value is -2.90. The zero-order valence-corrected chi connectivity index (χ0v) is 14.2. The highest BCUT2D eigenvalue weighted by molar-refractivity contribution is 5.79. The topological polar surface area (TPSA) is 121 Å². The number of H-pyrrole nitrogens is 1. The van der Waals surface area contributed by atoms with Crippen molar-refractivity contribution in [2.75, 3.05) is 0 Å². The molecule has 0 unspecified atom stereocenters. The number of benzene rings is 1. The van der Waals surface area contributed by atoms with Crippen LogP contribution < -0.4 is 16.6 Å². The number of hydrogen-bond acceptors (Lipinski definition) is 4. The number of hydrogen-bond donors (Lipinski definition) is 3. The van der Waals surface area contributed by atoms with E-state index in [4.69, 9.17) is 5.11 Å². The monoisotopic (exact) mass is 359 g/mol. The summed E-state index contributed by atoms with van der Waals surface area (Å²) >= 11 is 0. The number of carboxylic acid groups (broad SMARTS) is 1. The van der Waals surface area contributed by atoms with Crippen molar-refractivity contribution in [3.63, 3.8) is 0 Å². The Balaban J connectivity index is 1.62. The van der Waals surface area contributed by atoms with Gasteiger partial charge in [-0.15, -0.1) is 0 Å². The maximum Gasteiger partial charge on any atom is 0.328 e. The Morgan fingerprint density at radius 3 is 2.54 bits per heavy atom. The standard InChI is InChI=1S/C18H21N3O5/c22-15(19-12-7-5-11(6-8-12)17(24)25)9-10-21-14-4-2-1-3-13(14)16(23)20-18(21)26/h1-4,11-12H,5-10H2,(H,19,22)(H,24,25)(H,20,23,26). The van der Waals surface area contributed by atoms with E-state index < -0.39 is 17.2 Å². The molecule has 1 aromatic carbocycles. The Morgan fingerprint density at radius 2 is 1.85 bits per heavy atom. The maximum atomic E-state index is 12.2. The summed E-state index contributed by atoms with van der Waals surface area (Å²) in [6.07, 6.45) is 2.51. The summed E-state index contributed by atoms with van der Waals surface area (Å²) in [5, 5.41) is 12.3. The molecule has 8 heteroatoms. The van der Waals surface area contributed by atoms with Crippen LogP contribution in [0.4, 0.5) is 0 Å². The first kappa shape index (κ1) is 17.9. The Bertz CT molecular complexity index is 938. The first-order valence-electron chi connectivity index (χ1n) is 8.69. The average molecular weight is 359 g/mol. The molecule has 138 valence electrons. The molecule has 2 aromatic rings. The van der Waals surface area contributed by atoms with Crippen LogP contribution in [0.5, 0.6) is 0 Å². The van der Waals surface area contributed by atoms with Crippen molar-refractivity contribution >= 4 is 22.8 Å². The van der Waals surface area contributed by atoms with Gasteiger partial charge in [-0.05, 0) is 37.8 Å². The molecule has 1 aromatic heterocycles. The van der Waals surface area contributed by atoms with Gasteiger partial charge in [0.15, 0.2) is 0 Å². The maximum absolute atomic E-state index is 12.2. The third-order valence-electron chi connectivity index (χ3n) is 4.91. The summed E-state index contributed by atoms with van der Waals surface area (Å²) in [4.78, 5) is 49.3. The molecule has 3 N–H and O–H groups in total. The first-order valence-corrected chi connectivity index (χ1v) is 8.69. The van der Waals surface area contributed by atoms with Gasteiger partial charge in [-0.2, -0.15) is 0 Å². The summed E-state index contributed by atoms with van der Waals surface area (Å²) in [5.41, 5.74) is -0.485. The van der Waals surface area contributed by atoms with E-state index in [1.165, 1.54) is 4.57 Å². The Labute approximate surface area is 148 Å². The van der Waals surface area contributed by atoms with Gasteiger partial charge in [-0.3, -0.25) is 23.9 Å². The van der Waals surface area contributed by atoms with Crippen molar-refractivity contribution in [3.8, 4) is 0 Å². The number of aromatic amines is 1. The van der Waals surface area contributed by atoms with Crippen molar-refractivity contribution in [1.29, 1.82) is 0 Å².